The number of nitrogens with one attached hydrogen (secondary N) is 1. The fourth-order valence-corrected chi connectivity index (χ4v) is 4.62. The van der Waals surface area contributed by atoms with E-state index in [0.717, 1.165) is 25.3 Å². The van der Waals surface area contributed by atoms with Crippen molar-refractivity contribution in [3.8, 4) is 0 Å². The molecule has 0 aromatic carbocycles. The van der Waals surface area contributed by atoms with Crippen LogP contribution >= 0.6 is 0 Å². The molecule has 0 spiro atoms. The number of hydrogen-bond acceptors (Lipinski definition) is 6. The summed E-state index contributed by atoms with van der Waals surface area (Å²) in [5.41, 5.74) is 5.47. The molecule has 9 nitrogen and oxygen atoms in total. The molecule has 3 heterocycles. The first kappa shape index (κ1) is 22.4. The van der Waals surface area contributed by atoms with Gasteiger partial charge < -0.3 is 20.4 Å². The quantitative estimate of drug-likeness (QED) is 0.549. The van der Waals surface area contributed by atoms with E-state index in [1.165, 1.54) is 37.0 Å². The van der Waals surface area contributed by atoms with Gasteiger partial charge in [0.1, 0.15) is 0 Å². The summed E-state index contributed by atoms with van der Waals surface area (Å²) in [6.45, 7) is 4.31. The van der Waals surface area contributed by atoms with E-state index in [2.05, 4.69) is 22.0 Å². The van der Waals surface area contributed by atoms with Crippen molar-refractivity contribution in [2.45, 2.75) is 76.9 Å². The van der Waals surface area contributed by atoms with E-state index in [0.29, 0.717) is 25.9 Å². The Morgan fingerprint density at radius 3 is 2.37 bits per heavy atom. The van der Waals surface area contributed by atoms with Crippen LogP contribution in [-0.2, 0) is 9.59 Å². The lowest BCUT2D eigenvalue weighted by atomic mass is 9.96. The molecule has 30 heavy (non-hydrogen) atoms. The van der Waals surface area contributed by atoms with Crippen LogP contribution in [-0.4, -0.2) is 77.4 Å². The zero-order valence-corrected chi connectivity index (χ0v) is 18.3. The number of carbonyl (C=O) groups is 3. The van der Waals surface area contributed by atoms with Crippen molar-refractivity contribution < 1.29 is 14.4 Å². The number of hydrogen-bond donors (Lipinski definition) is 2. The number of primary amides is 1. The molecule has 168 valence electrons. The molecular formula is C21H36N6O3. The maximum atomic E-state index is 12.7. The number of piperidine rings is 1. The number of imide groups is 1. The summed E-state index contributed by atoms with van der Waals surface area (Å²) in [6, 6.07) is -0.897. The number of likely N-dealkylation sites (N-methyl/N-ethyl adjacent to an activating group) is 1. The Labute approximate surface area is 179 Å². The average molecular weight is 421 g/mol. The highest BCUT2D eigenvalue weighted by Gasteiger charge is 2.49. The molecule has 3 N–H and O–H groups in total. The SMILES string of the molecule is CCCCCCCCCN1C(N2CCC(C(N)=O)CC2)=NC2C1C(=O)NC(=O)N2C. The van der Waals surface area contributed by atoms with Crippen LogP contribution in [0.15, 0.2) is 4.99 Å². The smallest absolute Gasteiger partial charge is 0.325 e. The number of carbonyl (C=O) groups excluding carboxylic acids is 3. The molecule has 2 saturated heterocycles. The van der Waals surface area contributed by atoms with E-state index < -0.39 is 18.2 Å². The van der Waals surface area contributed by atoms with Crippen LogP contribution in [0, 0.1) is 5.92 Å². The standard InChI is InChI=1S/C21H36N6O3/c1-3-4-5-6-7-8-9-12-27-16-18(25(2)21(30)24-19(16)29)23-20(27)26-13-10-15(11-14-26)17(22)28/h15-16,18H,3-14H2,1-2H3,(H2,22,28)(H,24,29,30). The van der Waals surface area contributed by atoms with Gasteiger partial charge in [0.2, 0.25) is 5.91 Å². The zero-order valence-electron chi connectivity index (χ0n) is 18.3. The molecule has 2 atom stereocenters. The fraction of sp³-hybridized carbons (Fsp3) is 0.810. The van der Waals surface area contributed by atoms with Gasteiger partial charge in [-0.2, -0.15) is 0 Å². The highest BCUT2D eigenvalue weighted by Crippen LogP contribution is 2.28. The second-order valence-electron chi connectivity index (χ2n) is 8.67. The van der Waals surface area contributed by atoms with Crippen LogP contribution in [0.4, 0.5) is 4.79 Å². The largest absolute Gasteiger partial charge is 0.369 e. The first-order valence-corrected chi connectivity index (χ1v) is 11.4. The molecule has 2 fully saturated rings. The summed E-state index contributed by atoms with van der Waals surface area (Å²) in [6.07, 6.45) is 9.23. The lowest BCUT2D eigenvalue weighted by Gasteiger charge is -2.39. The molecule has 3 rings (SSSR count). The van der Waals surface area contributed by atoms with Crippen molar-refractivity contribution in [2.24, 2.45) is 16.6 Å². The van der Waals surface area contributed by atoms with Gasteiger partial charge in [0.15, 0.2) is 18.2 Å². The van der Waals surface area contributed by atoms with Crippen LogP contribution in [0.3, 0.4) is 0 Å². The predicted octanol–water partition coefficient (Wildman–Crippen LogP) is 1.48. The highest BCUT2D eigenvalue weighted by molar-refractivity contribution is 6.03. The van der Waals surface area contributed by atoms with Crippen LogP contribution < -0.4 is 11.1 Å². The highest BCUT2D eigenvalue weighted by atomic mass is 16.2. The monoisotopic (exact) mass is 420 g/mol. The van der Waals surface area contributed by atoms with Crippen molar-refractivity contribution in [1.82, 2.24) is 20.0 Å². The van der Waals surface area contributed by atoms with Gasteiger partial charge >= 0.3 is 6.03 Å². The normalized spacial score (nSPS) is 24.7. The van der Waals surface area contributed by atoms with Gasteiger partial charge in [0.05, 0.1) is 0 Å². The van der Waals surface area contributed by atoms with Crippen LogP contribution in [0.25, 0.3) is 0 Å². The van der Waals surface area contributed by atoms with Gasteiger partial charge in [0, 0.05) is 32.6 Å². The first-order chi connectivity index (χ1) is 14.4. The van der Waals surface area contributed by atoms with Crippen molar-refractivity contribution in [3.63, 3.8) is 0 Å². The summed E-state index contributed by atoms with van der Waals surface area (Å²) in [4.78, 5) is 46.8. The molecular weight excluding hydrogens is 384 g/mol. The molecule has 0 aromatic rings. The minimum Gasteiger partial charge on any atom is -0.369 e. The number of likely N-dealkylation sites (tertiary alicyclic amines) is 1. The van der Waals surface area contributed by atoms with Gasteiger partial charge in [-0.05, 0) is 19.3 Å². The maximum absolute atomic E-state index is 12.7. The Balaban J connectivity index is 1.65. The molecule has 0 radical (unpaired) electrons. The van der Waals surface area contributed by atoms with Gasteiger partial charge in [-0.25, -0.2) is 9.79 Å². The van der Waals surface area contributed by atoms with Gasteiger partial charge in [0.25, 0.3) is 5.91 Å². The number of nitrogens with zero attached hydrogens (tertiary/aromatic N) is 4. The Morgan fingerprint density at radius 1 is 1.10 bits per heavy atom. The van der Waals surface area contributed by atoms with E-state index in [1.54, 1.807) is 7.05 Å². The number of unbranched alkanes of at least 4 members (excludes halogenated alkanes) is 6. The number of urea groups is 1. The minimum absolute atomic E-state index is 0.102. The molecule has 3 aliphatic heterocycles. The molecule has 4 amide bonds. The van der Waals surface area contributed by atoms with Gasteiger partial charge in [-0.15, -0.1) is 0 Å². The number of rotatable bonds is 9. The van der Waals surface area contributed by atoms with Crippen LogP contribution in [0.1, 0.15) is 64.7 Å². The molecule has 9 heteroatoms. The second-order valence-corrected chi connectivity index (χ2v) is 8.67. The number of aliphatic imine (C=N–C) groups is 1. The topological polar surface area (TPSA) is 111 Å². The van der Waals surface area contributed by atoms with Gasteiger partial charge in [-0.3, -0.25) is 14.9 Å². The number of nitrogens with two attached hydrogens (primary N) is 1. The van der Waals surface area contributed by atoms with Crippen molar-refractivity contribution in [2.75, 3.05) is 26.7 Å². The summed E-state index contributed by atoms with van der Waals surface area (Å²) < 4.78 is 0. The Hall–Kier alpha value is -2.32. The minimum atomic E-state index is -0.500. The Morgan fingerprint density at radius 2 is 1.73 bits per heavy atom. The summed E-state index contributed by atoms with van der Waals surface area (Å²) in [5.74, 6) is 0.142. The third-order valence-corrected chi connectivity index (χ3v) is 6.52. The molecule has 2 unspecified atom stereocenters. The maximum Gasteiger partial charge on any atom is 0.325 e. The van der Waals surface area contributed by atoms with E-state index in [1.807, 2.05) is 0 Å². The molecule has 0 bridgehead atoms. The van der Waals surface area contributed by atoms with E-state index >= 15 is 0 Å². The van der Waals surface area contributed by atoms with Gasteiger partial charge in [-0.1, -0.05) is 45.4 Å². The predicted molar refractivity (Wildman–Crippen MR) is 115 cm³/mol. The second kappa shape index (κ2) is 10.1. The third-order valence-electron chi connectivity index (χ3n) is 6.52. The number of fused-ring (bicyclic) bond motifs is 1. The lowest BCUT2D eigenvalue weighted by molar-refractivity contribution is -0.127. The van der Waals surface area contributed by atoms with Crippen molar-refractivity contribution >= 4 is 23.8 Å². The number of amides is 4. The van der Waals surface area contributed by atoms with Crippen LogP contribution in [0.5, 0.6) is 0 Å². The Kier molecular flexibility index (Phi) is 7.55. The third kappa shape index (κ3) is 4.87. The van der Waals surface area contributed by atoms with Crippen molar-refractivity contribution in [1.29, 1.82) is 0 Å². The average Bonchev–Trinajstić information content (AvgIpc) is 3.11. The molecule has 0 aliphatic carbocycles. The van der Waals surface area contributed by atoms with E-state index in [4.69, 9.17) is 10.7 Å². The number of guanidine groups is 1. The molecule has 3 aliphatic rings. The summed E-state index contributed by atoms with van der Waals surface area (Å²) >= 11 is 0. The molecule has 0 aromatic heterocycles. The first-order valence-electron chi connectivity index (χ1n) is 11.4. The van der Waals surface area contributed by atoms with Crippen molar-refractivity contribution in [3.05, 3.63) is 0 Å². The summed E-state index contributed by atoms with van der Waals surface area (Å²) in [5, 5.41) is 2.45. The van der Waals surface area contributed by atoms with E-state index in [-0.39, 0.29) is 17.7 Å². The lowest BCUT2D eigenvalue weighted by Crippen LogP contribution is -2.64. The Bertz CT molecular complexity index is 674. The molecule has 0 saturated carbocycles. The summed E-state index contributed by atoms with van der Waals surface area (Å²) in [7, 11) is 1.68. The van der Waals surface area contributed by atoms with Crippen LogP contribution in [0.2, 0.25) is 0 Å². The zero-order chi connectivity index (χ0) is 21.7. The van der Waals surface area contributed by atoms with E-state index in [9.17, 15) is 14.4 Å². The fourth-order valence-electron chi connectivity index (χ4n) is 4.62.